The molecule has 3 N–H and O–H groups in total. The van der Waals surface area contributed by atoms with E-state index >= 15 is 0 Å². The number of hydrogen-bond donors (Lipinski definition) is 3. The van der Waals surface area contributed by atoms with Crippen LogP contribution in [0.15, 0.2) is 53.6 Å². The lowest BCUT2D eigenvalue weighted by Gasteiger charge is -2.46. The van der Waals surface area contributed by atoms with Crippen LogP contribution in [0, 0.1) is 23.2 Å². The Balaban J connectivity index is 1.84. The van der Waals surface area contributed by atoms with Gasteiger partial charge in [-0.1, -0.05) is 55.0 Å². The summed E-state index contributed by atoms with van der Waals surface area (Å²) in [6.45, 7) is 7.74. The summed E-state index contributed by atoms with van der Waals surface area (Å²) in [5.74, 6) is -1.17. The van der Waals surface area contributed by atoms with E-state index < -0.39 is 23.0 Å². The Hall–Kier alpha value is -2.24. The highest BCUT2D eigenvalue weighted by atomic mass is 16.3. The Labute approximate surface area is 197 Å². The van der Waals surface area contributed by atoms with Gasteiger partial charge in [-0.05, 0) is 63.5 Å². The minimum absolute atomic E-state index is 0.116. The van der Waals surface area contributed by atoms with E-state index in [1.165, 1.54) is 0 Å². The van der Waals surface area contributed by atoms with Crippen LogP contribution < -0.4 is 5.32 Å². The van der Waals surface area contributed by atoms with Gasteiger partial charge in [-0.25, -0.2) is 0 Å². The first-order valence-corrected chi connectivity index (χ1v) is 12.2. The van der Waals surface area contributed by atoms with E-state index in [1.54, 1.807) is 6.92 Å². The van der Waals surface area contributed by atoms with Crippen LogP contribution in [0.2, 0.25) is 0 Å². The monoisotopic (exact) mass is 451 g/mol. The second-order valence-electron chi connectivity index (χ2n) is 10.8. The molecule has 178 valence electrons. The number of ketones is 1. The number of hydrogen-bond acceptors (Lipinski definition) is 4. The van der Waals surface area contributed by atoms with Crippen molar-refractivity contribution in [1.29, 1.82) is 0 Å². The summed E-state index contributed by atoms with van der Waals surface area (Å²) < 4.78 is 0. The molecule has 5 nitrogen and oxygen atoms in total. The van der Waals surface area contributed by atoms with E-state index in [2.05, 4.69) is 12.2 Å². The summed E-state index contributed by atoms with van der Waals surface area (Å²) in [6, 6.07) is 9.77. The van der Waals surface area contributed by atoms with Crippen LogP contribution >= 0.6 is 0 Å². The van der Waals surface area contributed by atoms with Gasteiger partial charge in [-0.2, -0.15) is 0 Å². The van der Waals surface area contributed by atoms with Crippen molar-refractivity contribution < 1.29 is 19.8 Å². The van der Waals surface area contributed by atoms with E-state index in [4.69, 9.17) is 0 Å². The molecule has 1 saturated heterocycles. The van der Waals surface area contributed by atoms with Crippen molar-refractivity contribution >= 4 is 11.7 Å². The number of aliphatic hydroxyl groups is 2. The van der Waals surface area contributed by atoms with Gasteiger partial charge in [-0.3, -0.25) is 9.59 Å². The van der Waals surface area contributed by atoms with Crippen molar-refractivity contribution in [1.82, 2.24) is 5.32 Å². The molecular formula is C28H37NO4. The van der Waals surface area contributed by atoms with Crippen LogP contribution in [0.1, 0.15) is 58.9 Å². The zero-order chi connectivity index (χ0) is 24.0. The van der Waals surface area contributed by atoms with Crippen LogP contribution in [-0.2, 0) is 16.0 Å². The van der Waals surface area contributed by atoms with Crippen LogP contribution in [0.4, 0.5) is 0 Å². The van der Waals surface area contributed by atoms with E-state index in [9.17, 15) is 19.8 Å². The third-order valence-corrected chi connectivity index (χ3v) is 8.30. The fraction of sp³-hybridized carbons (Fsp3) is 0.571. The van der Waals surface area contributed by atoms with Crippen LogP contribution in [0.25, 0.3) is 0 Å². The molecule has 1 amide bonds. The fourth-order valence-electron chi connectivity index (χ4n) is 6.59. The number of allylic oxidation sites excluding steroid dienone is 1. The smallest absolute Gasteiger partial charge is 0.235 e. The van der Waals surface area contributed by atoms with Gasteiger partial charge in [-0.15, -0.1) is 0 Å². The van der Waals surface area contributed by atoms with E-state index in [-0.39, 0.29) is 36.0 Å². The van der Waals surface area contributed by atoms with Crippen molar-refractivity contribution in [2.75, 3.05) is 0 Å². The molecule has 1 fully saturated rings. The quantitative estimate of drug-likeness (QED) is 0.472. The number of aliphatic hydroxyl groups excluding tert-OH is 1. The highest BCUT2D eigenvalue weighted by molar-refractivity contribution is 6.09. The first-order chi connectivity index (χ1) is 15.6. The molecule has 0 saturated carbocycles. The number of Topliss-reactive ketones (excluding diaryl/α,β-unsaturated/α-hetero) is 1. The number of nitrogens with one attached hydrogen (secondary N) is 1. The lowest BCUT2D eigenvalue weighted by Crippen LogP contribution is -2.55. The predicted octanol–water partition coefficient (Wildman–Crippen LogP) is 3.74. The molecule has 0 aromatic heterocycles. The molecule has 1 aromatic rings. The predicted molar refractivity (Wildman–Crippen MR) is 128 cm³/mol. The Kier molecular flexibility index (Phi) is 6.41. The first kappa shape index (κ1) is 23.9. The fourth-order valence-corrected chi connectivity index (χ4v) is 6.59. The molecule has 33 heavy (non-hydrogen) atoms. The Bertz CT molecular complexity index is 979. The number of amides is 1. The number of rotatable bonds is 2. The van der Waals surface area contributed by atoms with Crippen molar-refractivity contribution in [2.24, 2.45) is 23.2 Å². The molecule has 1 spiro atoms. The standard InChI is InChI=1S/C28H37NO4/c1-17-9-8-12-21-25(31)19(3)18(2)24-22(15-20-10-6-5-7-11-20)29-26(32)28(21,24)23(30)13-14-27(4,33)16-17/h5-8,10-12,17,21-22,24-25,31,33H,9,13-16H2,1-4H3,(H,29,32)/b12-8+/t17-,21-,22-,24-,25+,27+,28+/m0/s1. The number of benzene rings is 1. The van der Waals surface area contributed by atoms with Crippen molar-refractivity contribution in [3.63, 3.8) is 0 Å². The largest absolute Gasteiger partial charge is 0.390 e. The number of carbonyl (C=O) groups is 2. The number of carbonyl (C=O) groups excluding carboxylic acids is 2. The average Bonchev–Trinajstić information content (AvgIpc) is 3.04. The minimum Gasteiger partial charge on any atom is -0.390 e. The Morgan fingerprint density at radius 1 is 1.12 bits per heavy atom. The van der Waals surface area contributed by atoms with Gasteiger partial charge >= 0.3 is 0 Å². The van der Waals surface area contributed by atoms with E-state index in [0.717, 1.165) is 23.1 Å². The molecule has 1 aliphatic heterocycles. The molecule has 1 aromatic carbocycles. The highest BCUT2D eigenvalue weighted by Crippen LogP contribution is 2.55. The van der Waals surface area contributed by atoms with Gasteiger partial charge in [0.25, 0.3) is 0 Å². The molecule has 0 radical (unpaired) electrons. The second kappa shape index (κ2) is 8.84. The van der Waals surface area contributed by atoms with Gasteiger partial charge in [0, 0.05) is 24.3 Å². The Morgan fingerprint density at radius 3 is 2.52 bits per heavy atom. The zero-order valence-electron chi connectivity index (χ0n) is 20.2. The second-order valence-corrected chi connectivity index (χ2v) is 10.8. The summed E-state index contributed by atoms with van der Waals surface area (Å²) in [5, 5.41) is 25.4. The molecule has 0 bridgehead atoms. The van der Waals surface area contributed by atoms with E-state index in [0.29, 0.717) is 19.3 Å². The molecule has 4 rings (SSSR count). The third-order valence-electron chi connectivity index (χ3n) is 8.30. The SMILES string of the molecule is CC1=C(C)[C@H]2[C@H](Cc3ccccc3)NC(=O)[C@]23C(=O)CC[C@@](C)(O)C[C@@H](C)C/C=C/[C@H]3[C@@H]1O. The summed E-state index contributed by atoms with van der Waals surface area (Å²) in [7, 11) is 0. The topological polar surface area (TPSA) is 86.6 Å². The normalized spacial score (nSPS) is 40.5. The van der Waals surface area contributed by atoms with Gasteiger partial charge in [0.05, 0.1) is 11.7 Å². The van der Waals surface area contributed by atoms with Gasteiger partial charge < -0.3 is 15.5 Å². The van der Waals surface area contributed by atoms with Crippen molar-refractivity contribution in [2.45, 2.75) is 77.5 Å². The molecule has 5 heteroatoms. The molecule has 2 aliphatic carbocycles. The maximum atomic E-state index is 14.0. The van der Waals surface area contributed by atoms with Gasteiger partial charge in [0.15, 0.2) is 0 Å². The molecule has 7 atom stereocenters. The maximum absolute atomic E-state index is 14.0. The molecule has 0 unspecified atom stereocenters. The average molecular weight is 452 g/mol. The molecular weight excluding hydrogens is 414 g/mol. The maximum Gasteiger partial charge on any atom is 0.235 e. The van der Waals surface area contributed by atoms with Crippen LogP contribution in [0.5, 0.6) is 0 Å². The lowest BCUT2D eigenvalue weighted by atomic mass is 9.54. The highest BCUT2D eigenvalue weighted by Gasteiger charge is 2.66. The minimum atomic E-state index is -1.36. The van der Waals surface area contributed by atoms with Gasteiger partial charge in [0.1, 0.15) is 11.2 Å². The van der Waals surface area contributed by atoms with Crippen molar-refractivity contribution in [3.8, 4) is 0 Å². The molecule has 3 aliphatic rings. The molecule has 1 heterocycles. The summed E-state index contributed by atoms with van der Waals surface area (Å²) >= 11 is 0. The van der Waals surface area contributed by atoms with E-state index in [1.807, 2.05) is 56.3 Å². The first-order valence-electron chi connectivity index (χ1n) is 12.2. The van der Waals surface area contributed by atoms with Crippen LogP contribution in [0.3, 0.4) is 0 Å². The third kappa shape index (κ3) is 4.10. The lowest BCUT2D eigenvalue weighted by molar-refractivity contribution is -0.148. The van der Waals surface area contributed by atoms with Crippen molar-refractivity contribution in [3.05, 3.63) is 59.2 Å². The summed E-state index contributed by atoms with van der Waals surface area (Å²) in [6.07, 6.45) is 5.39. The van der Waals surface area contributed by atoms with Crippen LogP contribution in [-0.4, -0.2) is 39.7 Å². The van der Waals surface area contributed by atoms with Gasteiger partial charge in [0.2, 0.25) is 5.91 Å². The zero-order valence-corrected chi connectivity index (χ0v) is 20.2. The summed E-state index contributed by atoms with van der Waals surface area (Å²) in [4.78, 5) is 27.8. The Morgan fingerprint density at radius 2 is 1.82 bits per heavy atom. The summed E-state index contributed by atoms with van der Waals surface area (Å²) in [5.41, 5.74) is 0.547.